The van der Waals surface area contributed by atoms with Gasteiger partial charge in [-0.2, -0.15) is 28.1 Å². The maximum absolute atomic E-state index is 13.2. The SMILES string of the molecule is CCn1cc(-n2nc(-c3ccc(C(F)(F)F)cc3)cc(C(=O)N[C@H](C)C(C)(O)CC)c2=O)cn1. The van der Waals surface area contributed by atoms with Gasteiger partial charge in [-0.05, 0) is 45.4 Å². The van der Waals surface area contributed by atoms with Gasteiger partial charge in [-0.1, -0.05) is 19.1 Å². The number of benzene rings is 1. The Kier molecular flexibility index (Phi) is 6.97. The Balaban J connectivity index is 2.12. The fourth-order valence-electron chi connectivity index (χ4n) is 3.17. The maximum atomic E-state index is 13.2. The van der Waals surface area contributed by atoms with E-state index in [1.54, 1.807) is 31.6 Å². The molecule has 34 heavy (non-hydrogen) atoms. The van der Waals surface area contributed by atoms with Crippen molar-refractivity contribution in [3.63, 3.8) is 0 Å². The molecule has 3 aromatic rings. The number of hydrogen-bond acceptors (Lipinski definition) is 5. The van der Waals surface area contributed by atoms with Crippen molar-refractivity contribution in [2.75, 3.05) is 0 Å². The van der Waals surface area contributed by atoms with Crippen LogP contribution in [-0.4, -0.2) is 42.2 Å². The summed E-state index contributed by atoms with van der Waals surface area (Å²) in [7, 11) is 0. The number of amides is 1. The van der Waals surface area contributed by atoms with E-state index in [4.69, 9.17) is 0 Å². The second kappa shape index (κ2) is 9.41. The van der Waals surface area contributed by atoms with Gasteiger partial charge in [0.15, 0.2) is 0 Å². The first kappa shape index (κ1) is 25.2. The second-order valence-corrected chi connectivity index (χ2v) is 8.20. The van der Waals surface area contributed by atoms with Crippen LogP contribution < -0.4 is 10.9 Å². The van der Waals surface area contributed by atoms with Gasteiger partial charge in [-0.15, -0.1) is 0 Å². The predicted molar refractivity (Wildman–Crippen MR) is 120 cm³/mol. The number of aliphatic hydroxyl groups is 1. The first-order valence-electron chi connectivity index (χ1n) is 10.8. The first-order valence-corrected chi connectivity index (χ1v) is 10.8. The van der Waals surface area contributed by atoms with E-state index in [9.17, 15) is 27.9 Å². The molecule has 8 nitrogen and oxygen atoms in total. The van der Waals surface area contributed by atoms with E-state index in [-0.39, 0.29) is 16.8 Å². The fourth-order valence-corrected chi connectivity index (χ4v) is 3.17. The van der Waals surface area contributed by atoms with Gasteiger partial charge in [0.2, 0.25) is 0 Å². The number of carbonyl (C=O) groups is 1. The lowest BCUT2D eigenvalue weighted by molar-refractivity contribution is -0.137. The molecule has 2 aromatic heterocycles. The van der Waals surface area contributed by atoms with Crippen LogP contribution in [0.1, 0.15) is 50.0 Å². The first-order chi connectivity index (χ1) is 15.9. The van der Waals surface area contributed by atoms with E-state index >= 15 is 0 Å². The van der Waals surface area contributed by atoms with Crippen LogP contribution in [0.2, 0.25) is 0 Å². The molecule has 0 aliphatic heterocycles. The lowest BCUT2D eigenvalue weighted by Crippen LogP contribution is -2.49. The maximum Gasteiger partial charge on any atom is 0.416 e. The standard InChI is InChI=1S/C23H26F3N5O3/c1-5-22(4,34)14(3)28-20(32)18-11-19(15-7-9-16(10-8-15)23(24,25)26)29-31(21(18)33)17-12-27-30(6-2)13-17/h7-14,34H,5-6H2,1-4H3,(H,28,32)/t14-,22?/m1/s1. The molecule has 0 bridgehead atoms. The highest BCUT2D eigenvalue weighted by Crippen LogP contribution is 2.30. The summed E-state index contributed by atoms with van der Waals surface area (Å²) in [6.07, 6.45) is -1.17. The van der Waals surface area contributed by atoms with Gasteiger partial charge in [-0.3, -0.25) is 14.3 Å². The molecular formula is C23H26F3N5O3. The van der Waals surface area contributed by atoms with Crippen LogP contribution in [-0.2, 0) is 12.7 Å². The summed E-state index contributed by atoms with van der Waals surface area (Å²) in [6, 6.07) is 4.81. The molecule has 11 heteroatoms. The van der Waals surface area contributed by atoms with Gasteiger partial charge >= 0.3 is 6.18 Å². The van der Waals surface area contributed by atoms with Crippen LogP contribution in [0.15, 0.2) is 47.5 Å². The minimum absolute atomic E-state index is 0.123. The molecule has 1 aromatic carbocycles. The number of halogens is 3. The molecule has 0 saturated carbocycles. The van der Waals surface area contributed by atoms with Crippen molar-refractivity contribution >= 4 is 5.91 Å². The van der Waals surface area contributed by atoms with Crippen LogP contribution in [0.4, 0.5) is 13.2 Å². The average molecular weight is 477 g/mol. The molecule has 3 rings (SSSR count). The number of carbonyl (C=O) groups excluding carboxylic acids is 1. The van der Waals surface area contributed by atoms with Gasteiger partial charge in [0.1, 0.15) is 11.3 Å². The summed E-state index contributed by atoms with van der Waals surface area (Å²) in [5.41, 5.74) is -2.34. The summed E-state index contributed by atoms with van der Waals surface area (Å²) in [5, 5.41) is 21.5. The second-order valence-electron chi connectivity index (χ2n) is 8.20. The Morgan fingerprint density at radius 2 is 1.85 bits per heavy atom. The number of hydrogen-bond donors (Lipinski definition) is 2. The molecule has 0 saturated heterocycles. The Bertz CT molecular complexity index is 1230. The molecule has 0 spiro atoms. The lowest BCUT2D eigenvalue weighted by atomic mass is 9.94. The number of aryl methyl sites for hydroxylation is 1. The summed E-state index contributed by atoms with van der Waals surface area (Å²) < 4.78 is 41.5. The monoisotopic (exact) mass is 477 g/mol. The molecular weight excluding hydrogens is 451 g/mol. The molecule has 1 unspecified atom stereocenters. The number of alkyl halides is 3. The van der Waals surface area contributed by atoms with E-state index in [1.807, 2.05) is 6.92 Å². The van der Waals surface area contributed by atoms with Gasteiger partial charge < -0.3 is 10.4 Å². The van der Waals surface area contributed by atoms with Crippen LogP contribution in [0.25, 0.3) is 16.9 Å². The van der Waals surface area contributed by atoms with Gasteiger partial charge in [-0.25, -0.2) is 0 Å². The topological polar surface area (TPSA) is 102 Å². The van der Waals surface area contributed by atoms with Crippen molar-refractivity contribution in [2.45, 2.75) is 58.5 Å². The van der Waals surface area contributed by atoms with E-state index in [0.717, 1.165) is 16.8 Å². The van der Waals surface area contributed by atoms with E-state index in [1.165, 1.54) is 24.4 Å². The van der Waals surface area contributed by atoms with Crippen LogP contribution in [0.3, 0.4) is 0 Å². The summed E-state index contributed by atoms with van der Waals surface area (Å²) in [5.74, 6) is -0.738. The third kappa shape index (κ3) is 5.19. The Morgan fingerprint density at radius 1 is 1.21 bits per heavy atom. The number of nitrogens with one attached hydrogen (secondary N) is 1. The predicted octanol–water partition coefficient (Wildman–Crippen LogP) is 3.41. The number of aromatic nitrogens is 4. The highest BCUT2D eigenvalue weighted by atomic mass is 19.4. The largest absolute Gasteiger partial charge is 0.416 e. The minimum atomic E-state index is -4.50. The Morgan fingerprint density at radius 3 is 2.38 bits per heavy atom. The summed E-state index contributed by atoms with van der Waals surface area (Å²) >= 11 is 0. The van der Waals surface area contributed by atoms with Gasteiger partial charge in [0.25, 0.3) is 11.5 Å². The van der Waals surface area contributed by atoms with Crippen molar-refractivity contribution in [3.05, 3.63) is 64.2 Å². The molecule has 0 fully saturated rings. The van der Waals surface area contributed by atoms with Crippen LogP contribution in [0, 0.1) is 0 Å². The number of nitrogens with zero attached hydrogens (tertiary/aromatic N) is 4. The lowest BCUT2D eigenvalue weighted by Gasteiger charge is -2.29. The van der Waals surface area contributed by atoms with Crippen molar-refractivity contribution in [1.82, 2.24) is 24.9 Å². The molecule has 1 amide bonds. The Hall–Kier alpha value is -3.47. The highest BCUT2D eigenvalue weighted by Gasteiger charge is 2.31. The fraction of sp³-hybridized carbons (Fsp3) is 0.391. The average Bonchev–Trinajstić information content (AvgIpc) is 3.27. The molecule has 0 aliphatic carbocycles. The van der Waals surface area contributed by atoms with E-state index in [2.05, 4.69) is 15.5 Å². The number of rotatable bonds is 7. The molecule has 182 valence electrons. The van der Waals surface area contributed by atoms with Crippen molar-refractivity contribution < 1.29 is 23.1 Å². The van der Waals surface area contributed by atoms with Gasteiger partial charge in [0.05, 0.1) is 35.3 Å². The van der Waals surface area contributed by atoms with Crippen LogP contribution >= 0.6 is 0 Å². The third-order valence-electron chi connectivity index (χ3n) is 5.85. The van der Waals surface area contributed by atoms with Gasteiger partial charge in [0, 0.05) is 12.1 Å². The van der Waals surface area contributed by atoms with E-state index < -0.39 is 34.8 Å². The smallest absolute Gasteiger partial charge is 0.388 e. The molecule has 0 aliphatic rings. The Labute approximate surface area is 194 Å². The van der Waals surface area contributed by atoms with Crippen molar-refractivity contribution in [2.24, 2.45) is 0 Å². The summed E-state index contributed by atoms with van der Waals surface area (Å²) in [6.45, 7) is 7.32. The molecule has 2 heterocycles. The zero-order valence-corrected chi connectivity index (χ0v) is 19.2. The quantitative estimate of drug-likeness (QED) is 0.543. The highest BCUT2D eigenvalue weighted by molar-refractivity contribution is 5.95. The van der Waals surface area contributed by atoms with E-state index in [0.29, 0.717) is 18.7 Å². The third-order valence-corrected chi connectivity index (χ3v) is 5.85. The zero-order chi connectivity index (χ0) is 25.3. The minimum Gasteiger partial charge on any atom is -0.388 e. The zero-order valence-electron chi connectivity index (χ0n) is 19.2. The van der Waals surface area contributed by atoms with Crippen molar-refractivity contribution in [3.8, 4) is 16.9 Å². The molecule has 0 radical (unpaired) electrons. The molecule has 2 N–H and O–H groups in total. The van der Waals surface area contributed by atoms with Crippen LogP contribution in [0.5, 0.6) is 0 Å². The van der Waals surface area contributed by atoms with Crippen molar-refractivity contribution in [1.29, 1.82) is 0 Å². The summed E-state index contributed by atoms with van der Waals surface area (Å²) in [4.78, 5) is 26.2. The normalized spacial score (nSPS) is 14.5. The molecule has 2 atom stereocenters.